The zero-order valence-electron chi connectivity index (χ0n) is 24.4. The molecule has 0 fully saturated rings. The van der Waals surface area contributed by atoms with Gasteiger partial charge in [0.1, 0.15) is 0 Å². The van der Waals surface area contributed by atoms with Crippen molar-refractivity contribution in [1.29, 1.82) is 0 Å². The van der Waals surface area contributed by atoms with E-state index in [4.69, 9.17) is 0 Å². The maximum absolute atomic E-state index is 2.56. The molecule has 4 heteroatoms. The van der Waals surface area contributed by atoms with E-state index in [2.05, 4.69) is 143 Å². The molecular weight excluding hydrogens is 597 g/mol. The van der Waals surface area contributed by atoms with Gasteiger partial charge in [-0.25, -0.2) is 0 Å². The summed E-state index contributed by atoms with van der Waals surface area (Å²) in [7, 11) is 0. The van der Waals surface area contributed by atoms with Crippen molar-refractivity contribution in [1.82, 2.24) is 9.13 Å². The van der Waals surface area contributed by atoms with E-state index >= 15 is 0 Å². The van der Waals surface area contributed by atoms with Crippen molar-refractivity contribution in [2.75, 3.05) is 0 Å². The van der Waals surface area contributed by atoms with E-state index in [1.54, 1.807) is 0 Å². The Bertz CT molecular complexity index is 3190. The lowest BCUT2D eigenvalue weighted by atomic mass is 9.94. The van der Waals surface area contributed by atoms with Gasteiger partial charge in [-0.2, -0.15) is 0 Å². The van der Waals surface area contributed by atoms with E-state index in [1.807, 2.05) is 22.7 Å². The average Bonchev–Trinajstić information content (AvgIpc) is 3.85. The van der Waals surface area contributed by atoms with Gasteiger partial charge >= 0.3 is 0 Å². The van der Waals surface area contributed by atoms with Crippen molar-refractivity contribution in [3.05, 3.63) is 133 Å². The van der Waals surface area contributed by atoms with Gasteiger partial charge in [0.15, 0.2) is 0 Å². The zero-order chi connectivity index (χ0) is 29.7. The lowest BCUT2D eigenvalue weighted by Crippen LogP contribution is -1.96. The minimum Gasteiger partial charge on any atom is -0.309 e. The first-order chi connectivity index (χ1) is 22.8. The molecule has 0 amide bonds. The molecule has 0 saturated heterocycles. The Balaban J connectivity index is 1.32. The Morgan fingerprint density at radius 3 is 1.83 bits per heavy atom. The van der Waals surface area contributed by atoms with E-state index in [0.717, 1.165) is 0 Å². The lowest BCUT2D eigenvalue weighted by Gasteiger charge is -2.13. The summed E-state index contributed by atoms with van der Waals surface area (Å²) in [6.07, 6.45) is 0. The number of fused-ring (bicyclic) bond motifs is 8. The highest BCUT2D eigenvalue weighted by Gasteiger charge is 2.26. The predicted octanol–water partition coefficient (Wildman–Crippen LogP) is 12.6. The summed E-state index contributed by atoms with van der Waals surface area (Å²) in [5, 5.41) is 13.6. The van der Waals surface area contributed by atoms with Gasteiger partial charge in [-0.1, -0.05) is 84.9 Å². The summed E-state index contributed by atoms with van der Waals surface area (Å²) in [6, 6.07) is 49.6. The van der Waals surface area contributed by atoms with Crippen LogP contribution in [0.2, 0.25) is 0 Å². The summed E-state index contributed by atoms with van der Waals surface area (Å²) >= 11 is 3.88. The third-order valence-corrected chi connectivity index (χ3v) is 12.5. The fourth-order valence-corrected chi connectivity index (χ4v) is 10.9. The maximum atomic E-state index is 2.56. The van der Waals surface area contributed by atoms with Gasteiger partial charge in [0.05, 0.1) is 32.5 Å². The van der Waals surface area contributed by atoms with E-state index in [1.165, 1.54) is 106 Å². The molecule has 0 unspecified atom stereocenters. The van der Waals surface area contributed by atoms with E-state index in [0.29, 0.717) is 0 Å². The van der Waals surface area contributed by atoms with Gasteiger partial charge in [-0.05, 0) is 59.3 Å². The molecule has 4 heterocycles. The van der Waals surface area contributed by atoms with Crippen molar-refractivity contribution in [2.24, 2.45) is 0 Å². The normalized spacial score (nSPS) is 12.8. The van der Waals surface area contributed by atoms with Gasteiger partial charge in [0.25, 0.3) is 0 Å². The molecule has 12 aromatic rings. The number of rotatable bonds is 2. The van der Waals surface area contributed by atoms with E-state index in [-0.39, 0.29) is 0 Å². The van der Waals surface area contributed by atoms with Crippen molar-refractivity contribution in [3.63, 3.8) is 0 Å². The molecule has 46 heavy (non-hydrogen) atoms. The van der Waals surface area contributed by atoms with Crippen molar-refractivity contribution >= 4 is 117 Å². The van der Waals surface area contributed by atoms with Crippen LogP contribution in [0.25, 0.3) is 106 Å². The summed E-state index contributed by atoms with van der Waals surface area (Å²) in [5.41, 5.74) is 7.44. The predicted molar refractivity (Wildman–Crippen MR) is 201 cm³/mol. The molecule has 0 spiro atoms. The summed E-state index contributed by atoms with van der Waals surface area (Å²) < 4.78 is 10.5. The van der Waals surface area contributed by atoms with Crippen LogP contribution in [0, 0.1) is 0 Å². The molecule has 0 N–H and O–H groups in total. The van der Waals surface area contributed by atoms with Crippen LogP contribution in [-0.4, -0.2) is 9.13 Å². The number of para-hydroxylation sites is 3. The van der Waals surface area contributed by atoms with E-state index < -0.39 is 0 Å². The zero-order valence-corrected chi connectivity index (χ0v) is 26.0. The van der Waals surface area contributed by atoms with Crippen molar-refractivity contribution < 1.29 is 0 Å². The first kappa shape index (κ1) is 23.9. The number of hydrogen-bond acceptors (Lipinski definition) is 2. The Hall–Kier alpha value is -5.42. The molecule has 12 rings (SSSR count). The van der Waals surface area contributed by atoms with Crippen LogP contribution in [0.3, 0.4) is 0 Å². The molecule has 4 aromatic heterocycles. The van der Waals surface area contributed by atoms with Crippen LogP contribution in [0.1, 0.15) is 0 Å². The second kappa shape index (κ2) is 8.24. The average molecular weight is 619 g/mol. The Kier molecular flexibility index (Phi) is 4.28. The number of benzene rings is 8. The number of thiophene rings is 2. The standard InChI is InChI=1S/C42H22N2S2/c1-2-10-23(11-3-1)43-29-16-6-4-12-24(29)27-20-21-31-36(41(27)43)28-13-5-7-17-30(28)44(31)32-22-35-39-37-25(14-8-18-33(37)45-35)26-15-9-19-34-38(26)40(39)42(32)46-34/h1-22H. The topological polar surface area (TPSA) is 9.86 Å². The molecule has 0 bridgehead atoms. The molecule has 8 aromatic carbocycles. The molecule has 0 aliphatic carbocycles. The second-order valence-electron chi connectivity index (χ2n) is 12.4. The molecule has 0 atom stereocenters. The van der Waals surface area contributed by atoms with Crippen molar-refractivity contribution in [3.8, 4) is 11.4 Å². The highest BCUT2D eigenvalue weighted by molar-refractivity contribution is 7.28. The Morgan fingerprint density at radius 1 is 0.370 bits per heavy atom. The Morgan fingerprint density at radius 2 is 1.02 bits per heavy atom. The number of nitrogens with zero attached hydrogens (tertiary/aromatic N) is 2. The summed E-state index contributed by atoms with van der Waals surface area (Å²) in [5.74, 6) is 0. The third-order valence-electron chi connectivity index (χ3n) is 10.2. The SMILES string of the molecule is c1ccc(-n2c3ccccc3c3ccc4c(c5ccccc5n4-c4cc5sc6cccc7c8cccc9sc4c(c98)c5c67)c32)cc1. The largest absolute Gasteiger partial charge is 0.309 e. The lowest BCUT2D eigenvalue weighted by molar-refractivity contribution is 1.18. The third kappa shape index (κ3) is 2.72. The quantitative estimate of drug-likeness (QED) is 0.171. The Labute approximate surface area is 270 Å². The number of aromatic nitrogens is 2. The van der Waals surface area contributed by atoms with Crippen molar-refractivity contribution in [2.45, 2.75) is 0 Å². The van der Waals surface area contributed by atoms with Gasteiger partial charge in [0.2, 0.25) is 0 Å². The van der Waals surface area contributed by atoms with Crippen LogP contribution in [-0.2, 0) is 0 Å². The highest BCUT2D eigenvalue weighted by atomic mass is 32.1. The summed E-state index contributed by atoms with van der Waals surface area (Å²) in [4.78, 5) is 0. The smallest absolute Gasteiger partial charge is 0.0655 e. The maximum Gasteiger partial charge on any atom is 0.0655 e. The minimum absolute atomic E-state index is 1.18. The molecule has 212 valence electrons. The van der Waals surface area contributed by atoms with Crippen LogP contribution in [0.5, 0.6) is 0 Å². The van der Waals surface area contributed by atoms with Crippen LogP contribution in [0.4, 0.5) is 0 Å². The monoisotopic (exact) mass is 618 g/mol. The van der Waals surface area contributed by atoms with Crippen LogP contribution < -0.4 is 0 Å². The van der Waals surface area contributed by atoms with Gasteiger partial charge in [-0.3, -0.25) is 0 Å². The first-order valence-electron chi connectivity index (χ1n) is 15.7. The molecule has 0 aliphatic heterocycles. The molecular formula is C42H22N2S2. The van der Waals surface area contributed by atoms with Gasteiger partial charge in [0, 0.05) is 62.9 Å². The molecule has 0 saturated carbocycles. The highest BCUT2D eigenvalue weighted by Crippen LogP contribution is 2.53. The van der Waals surface area contributed by atoms with Gasteiger partial charge in [-0.15, -0.1) is 22.7 Å². The second-order valence-corrected chi connectivity index (χ2v) is 14.6. The first-order valence-corrected chi connectivity index (χ1v) is 17.3. The van der Waals surface area contributed by atoms with Gasteiger partial charge < -0.3 is 9.13 Å². The molecule has 0 radical (unpaired) electrons. The van der Waals surface area contributed by atoms with E-state index in [9.17, 15) is 0 Å². The van der Waals surface area contributed by atoms with Crippen LogP contribution >= 0.6 is 22.7 Å². The van der Waals surface area contributed by atoms with Crippen LogP contribution in [0.15, 0.2) is 133 Å². The minimum atomic E-state index is 1.18. The number of hydrogen-bond donors (Lipinski definition) is 0. The molecule has 0 aliphatic rings. The fraction of sp³-hybridized carbons (Fsp3) is 0. The fourth-order valence-electron chi connectivity index (χ4n) is 8.50. The molecule has 2 nitrogen and oxygen atoms in total. The summed E-state index contributed by atoms with van der Waals surface area (Å²) in [6.45, 7) is 0.